The Bertz CT molecular complexity index is 738. The van der Waals surface area contributed by atoms with Gasteiger partial charge in [-0.15, -0.1) is 0 Å². The van der Waals surface area contributed by atoms with Crippen LogP contribution in [0.25, 0.3) is 0 Å². The molecule has 2 rings (SSSR count). The van der Waals surface area contributed by atoms with Crippen LogP contribution in [0.1, 0.15) is 15.9 Å². The minimum Gasteiger partial charge on any atom is -0.495 e. The Labute approximate surface area is 130 Å². The van der Waals surface area contributed by atoms with Gasteiger partial charge in [0.25, 0.3) is 5.91 Å². The number of hydrogen-bond donors (Lipinski definition) is 2. The molecular formula is C15H12BrN3O2. The van der Waals surface area contributed by atoms with Gasteiger partial charge >= 0.3 is 0 Å². The van der Waals surface area contributed by atoms with E-state index in [4.69, 9.17) is 15.7 Å². The van der Waals surface area contributed by atoms with E-state index < -0.39 is 0 Å². The molecule has 106 valence electrons. The fourth-order valence-electron chi connectivity index (χ4n) is 1.73. The van der Waals surface area contributed by atoms with Gasteiger partial charge in [-0.25, -0.2) is 0 Å². The normalized spacial score (nSPS) is 9.76. The van der Waals surface area contributed by atoms with Gasteiger partial charge in [0.2, 0.25) is 0 Å². The number of amides is 1. The summed E-state index contributed by atoms with van der Waals surface area (Å²) in [6, 6.07) is 11.7. The lowest BCUT2D eigenvalue weighted by Crippen LogP contribution is -2.13. The molecule has 0 radical (unpaired) electrons. The highest BCUT2D eigenvalue weighted by Crippen LogP contribution is 2.27. The van der Waals surface area contributed by atoms with Crippen molar-refractivity contribution in [3.05, 3.63) is 52.0 Å². The van der Waals surface area contributed by atoms with Gasteiger partial charge in [0.15, 0.2) is 0 Å². The zero-order chi connectivity index (χ0) is 15.4. The molecule has 6 heteroatoms. The number of methoxy groups -OCH3 is 1. The number of carbonyl (C=O) groups excluding carboxylic acids is 1. The van der Waals surface area contributed by atoms with Crippen molar-refractivity contribution >= 4 is 33.2 Å². The molecule has 0 atom stereocenters. The van der Waals surface area contributed by atoms with Crippen molar-refractivity contribution in [2.45, 2.75) is 0 Å². The Morgan fingerprint density at radius 3 is 2.71 bits per heavy atom. The molecule has 2 aromatic rings. The summed E-state index contributed by atoms with van der Waals surface area (Å²) in [7, 11) is 1.48. The third-order valence-corrected chi connectivity index (χ3v) is 3.53. The quantitative estimate of drug-likeness (QED) is 0.836. The van der Waals surface area contributed by atoms with Gasteiger partial charge in [-0.3, -0.25) is 4.79 Å². The van der Waals surface area contributed by atoms with E-state index in [0.717, 1.165) is 0 Å². The topological polar surface area (TPSA) is 88.1 Å². The number of rotatable bonds is 3. The van der Waals surface area contributed by atoms with E-state index >= 15 is 0 Å². The number of anilines is 2. The molecule has 0 aliphatic heterocycles. The highest BCUT2D eigenvalue weighted by molar-refractivity contribution is 9.10. The largest absolute Gasteiger partial charge is 0.495 e. The first kappa shape index (κ1) is 14.9. The van der Waals surface area contributed by atoms with Crippen LogP contribution in [0.3, 0.4) is 0 Å². The predicted octanol–water partition coefficient (Wildman–Crippen LogP) is 3.16. The van der Waals surface area contributed by atoms with E-state index in [1.807, 2.05) is 6.07 Å². The molecule has 0 aliphatic rings. The summed E-state index contributed by atoms with van der Waals surface area (Å²) in [5.74, 6) is 0.135. The second-order valence-corrected chi connectivity index (χ2v) is 5.07. The first-order valence-electron chi connectivity index (χ1n) is 5.99. The molecule has 0 saturated heterocycles. The number of nitrogens with two attached hydrogens (primary N) is 1. The highest BCUT2D eigenvalue weighted by Gasteiger charge is 2.11. The monoisotopic (exact) mass is 345 g/mol. The van der Waals surface area contributed by atoms with Crippen molar-refractivity contribution in [2.75, 3.05) is 18.2 Å². The minimum atomic E-state index is -0.293. The van der Waals surface area contributed by atoms with E-state index in [2.05, 4.69) is 21.2 Å². The standard InChI is InChI=1S/C15H12BrN3O2/c1-21-14-6-9(8-17)2-5-13(14)19-15(20)10-3-4-12(18)11(16)7-10/h2-7H,18H2,1H3,(H,19,20). The maximum atomic E-state index is 12.2. The Morgan fingerprint density at radius 1 is 1.33 bits per heavy atom. The van der Waals surface area contributed by atoms with Crippen molar-refractivity contribution in [2.24, 2.45) is 0 Å². The number of carbonyl (C=O) groups is 1. The Kier molecular flexibility index (Phi) is 4.45. The number of nitrogens with one attached hydrogen (secondary N) is 1. The number of halogens is 1. The van der Waals surface area contributed by atoms with Gasteiger partial charge in [-0.05, 0) is 46.3 Å². The zero-order valence-corrected chi connectivity index (χ0v) is 12.8. The maximum Gasteiger partial charge on any atom is 0.255 e. The Morgan fingerprint density at radius 2 is 2.10 bits per heavy atom. The fraction of sp³-hybridized carbons (Fsp3) is 0.0667. The van der Waals surface area contributed by atoms with Gasteiger partial charge < -0.3 is 15.8 Å². The lowest BCUT2D eigenvalue weighted by Gasteiger charge is -2.11. The molecule has 3 N–H and O–H groups in total. The molecule has 0 fully saturated rings. The van der Waals surface area contributed by atoms with Crippen LogP contribution in [-0.4, -0.2) is 13.0 Å². The second-order valence-electron chi connectivity index (χ2n) is 4.22. The van der Waals surface area contributed by atoms with Crippen molar-refractivity contribution in [3.63, 3.8) is 0 Å². The smallest absolute Gasteiger partial charge is 0.255 e. The second kappa shape index (κ2) is 6.29. The third kappa shape index (κ3) is 3.33. The number of benzene rings is 2. The molecule has 2 aromatic carbocycles. The molecule has 0 saturated carbocycles. The van der Waals surface area contributed by atoms with E-state index in [0.29, 0.717) is 32.7 Å². The van der Waals surface area contributed by atoms with Crippen LogP contribution in [0.2, 0.25) is 0 Å². The average Bonchev–Trinajstić information content (AvgIpc) is 2.50. The minimum absolute atomic E-state index is 0.293. The molecule has 0 spiro atoms. The van der Waals surface area contributed by atoms with Gasteiger partial charge in [0.1, 0.15) is 5.75 Å². The number of nitriles is 1. The summed E-state index contributed by atoms with van der Waals surface area (Å²) in [4.78, 5) is 12.2. The summed E-state index contributed by atoms with van der Waals surface area (Å²) in [5, 5.41) is 11.6. The van der Waals surface area contributed by atoms with Crippen molar-refractivity contribution in [1.82, 2.24) is 0 Å². The Balaban J connectivity index is 2.27. The van der Waals surface area contributed by atoms with Gasteiger partial charge in [0, 0.05) is 21.8 Å². The van der Waals surface area contributed by atoms with Crippen molar-refractivity contribution in [3.8, 4) is 11.8 Å². The molecule has 0 heterocycles. The van der Waals surface area contributed by atoms with E-state index in [1.165, 1.54) is 7.11 Å². The van der Waals surface area contributed by atoms with Crippen LogP contribution in [0.15, 0.2) is 40.9 Å². The van der Waals surface area contributed by atoms with Gasteiger partial charge in [-0.1, -0.05) is 0 Å². The lowest BCUT2D eigenvalue weighted by molar-refractivity contribution is 0.102. The molecule has 21 heavy (non-hydrogen) atoms. The first-order valence-corrected chi connectivity index (χ1v) is 6.79. The van der Waals surface area contributed by atoms with Crippen LogP contribution in [-0.2, 0) is 0 Å². The number of ether oxygens (including phenoxy) is 1. The highest BCUT2D eigenvalue weighted by atomic mass is 79.9. The number of nitrogen functional groups attached to an aromatic ring is 1. The SMILES string of the molecule is COc1cc(C#N)ccc1NC(=O)c1ccc(N)c(Br)c1. The first-order chi connectivity index (χ1) is 10.0. The molecule has 0 unspecified atom stereocenters. The zero-order valence-electron chi connectivity index (χ0n) is 11.2. The maximum absolute atomic E-state index is 12.2. The van der Waals surface area contributed by atoms with Crippen molar-refractivity contribution < 1.29 is 9.53 Å². The summed E-state index contributed by atoms with van der Waals surface area (Å²) in [6.07, 6.45) is 0. The van der Waals surface area contributed by atoms with Crippen LogP contribution >= 0.6 is 15.9 Å². The molecule has 0 aliphatic carbocycles. The van der Waals surface area contributed by atoms with Gasteiger partial charge in [-0.2, -0.15) is 5.26 Å². The van der Waals surface area contributed by atoms with Crippen molar-refractivity contribution in [1.29, 1.82) is 5.26 Å². The van der Waals surface area contributed by atoms with E-state index in [1.54, 1.807) is 36.4 Å². The third-order valence-electron chi connectivity index (χ3n) is 2.84. The van der Waals surface area contributed by atoms with Crippen LogP contribution in [0.4, 0.5) is 11.4 Å². The lowest BCUT2D eigenvalue weighted by atomic mass is 10.1. The van der Waals surface area contributed by atoms with Crippen LogP contribution in [0, 0.1) is 11.3 Å². The molecule has 0 bridgehead atoms. The molecule has 5 nitrogen and oxygen atoms in total. The fourth-order valence-corrected chi connectivity index (χ4v) is 2.11. The van der Waals surface area contributed by atoms with E-state index in [-0.39, 0.29) is 5.91 Å². The average molecular weight is 346 g/mol. The summed E-state index contributed by atoms with van der Waals surface area (Å²) in [6.45, 7) is 0. The van der Waals surface area contributed by atoms with Crippen LogP contribution in [0.5, 0.6) is 5.75 Å². The molecule has 1 amide bonds. The summed E-state index contributed by atoms with van der Waals surface area (Å²) < 4.78 is 5.83. The predicted molar refractivity (Wildman–Crippen MR) is 84.2 cm³/mol. The Hall–Kier alpha value is -2.52. The summed E-state index contributed by atoms with van der Waals surface area (Å²) in [5.41, 5.74) is 7.66. The van der Waals surface area contributed by atoms with Gasteiger partial charge in [0.05, 0.1) is 24.4 Å². The van der Waals surface area contributed by atoms with Crippen LogP contribution < -0.4 is 15.8 Å². The molecular weight excluding hydrogens is 334 g/mol. The number of hydrogen-bond acceptors (Lipinski definition) is 4. The van der Waals surface area contributed by atoms with E-state index in [9.17, 15) is 4.79 Å². The summed E-state index contributed by atoms with van der Waals surface area (Å²) >= 11 is 3.28. The molecule has 0 aromatic heterocycles. The number of nitrogens with zero attached hydrogens (tertiary/aromatic N) is 1.